The third-order valence-corrected chi connectivity index (χ3v) is 3.24. The number of aliphatic imine (C=N–C) groups is 1. The van der Waals surface area contributed by atoms with Crippen molar-refractivity contribution in [1.29, 1.82) is 0 Å². The highest BCUT2D eigenvalue weighted by Crippen LogP contribution is 2.19. The number of hydrogen-bond acceptors (Lipinski definition) is 4. The highest BCUT2D eigenvalue weighted by molar-refractivity contribution is 6.04. The smallest absolute Gasteiger partial charge is 0.257 e. The molecule has 1 unspecified atom stereocenters. The van der Waals surface area contributed by atoms with Crippen molar-refractivity contribution in [2.24, 2.45) is 4.99 Å². The van der Waals surface area contributed by atoms with E-state index < -0.39 is 0 Å². The average molecular weight is 308 g/mol. The number of aromatic nitrogens is 1. The van der Waals surface area contributed by atoms with Gasteiger partial charge in [-0.05, 0) is 43.7 Å². The largest absolute Gasteiger partial charge is 0.364 e. The molecule has 1 aromatic carbocycles. The van der Waals surface area contributed by atoms with Gasteiger partial charge in [0.2, 0.25) is 0 Å². The van der Waals surface area contributed by atoms with Gasteiger partial charge in [-0.1, -0.05) is 18.7 Å². The molecule has 5 nitrogen and oxygen atoms in total. The second kappa shape index (κ2) is 7.89. The molecule has 0 saturated heterocycles. The van der Waals surface area contributed by atoms with Gasteiger partial charge in [-0.3, -0.25) is 9.78 Å². The van der Waals surface area contributed by atoms with Crippen LogP contribution in [0.2, 0.25) is 0 Å². The third kappa shape index (κ3) is 4.78. The lowest BCUT2D eigenvalue weighted by molar-refractivity contribution is 0.102. The van der Waals surface area contributed by atoms with Crippen LogP contribution in [0.1, 0.15) is 35.8 Å². The molecule has 0 bridgehead atoms. The van der Waals surface area contributed by atoms with Crippen LogP contribution in [0.3, 0.4) is 0 Å². The summed E-state index contributed by atoms with van der Waals surface area (Å²) < 4.78 is 0. The summed E-state index contributed by atoms with van der Waals surface area (Å²) in [7, 11) is 0. The molecule has 0 aliphatic heterocycles. The molecule has 0 aliphatic rings. The highest BCUT2D eigenvalue weighted by atomic mass is 16.1. The SMILES string of the molecule is C=C(N=CC)NC(C)c1cccc(NC(=O)c2cccnc2)c1. The minimum Gasteiger partial charge on any atom is -0.364 e. The second-order valence-corrected chi connectivity index (χ2v) is 5.02. The van der Waals surface area contributed by atoms with Crippen LogP contribution in [-0.4, -0.2) is 17.1 Å². The summed E-state index contributed by atoms with van der Waals surface area (Å²) in [5.74, 6) is 0.417. The molecular formula is C18H20N4O. The Balaban J connectivity index is 2.07. The third-order valence-electron chi connectivity index (χ3n) is 3.24. The maximum absolute atomic E-state index is 12.2. The zero-order valence-corrected chi connectivity index (χ0v) is 13.3. The zero-order chi connectivity index (χ0) is 16.7. The van der Waals surface area contributed by atoms with Crippen LogP contribution >= 0.6 is 0 Å². The van der Waals surface area contributed by atoms with Gasteiger partial charge in [0.15, 0.2) is 0 Å². The first-order valence-corrected chi connectivity index (χ1v) is 7.35. The zero-order valence-electron chi connectivity index (χ0n) is 13.3. The van der Waals surface area contributed by atoms with Gasteiger partial charge in [-0.2, -0.15) is 0 Å². The maximum atomic E-state index is 12.2. The van der Waals surface area contributed by atoms with Crippen molar-refractivity contribution in [3.8, 4) is 0 Å². The van der Waals surface area contributed by atoms with E-state index in [4.69, 9.17) is 0 Å². The van der Waals surface area contributed by atoms with Gasteiger partial charge < -0.3 is 10.6 Å². The summed E-state index contributed by atoms with van der Waals surface area (Å²) in [6, 6.07) is 11.2. The van der Waals surface area contributed by atoms with Gasteiger partial charge in [0.05, 0.1) is 5.56 Å². The lowest BCUT2D eigenvalue weighted by atomic mass is 10.1. The van der Waals surface area contributed by atoms with Crippen LogP contribution in [0.25, 0.3) is 0 Å². The van der Waals surface area contributed by atoms with E-state index in [9.17, 15) is 4.79 Å². The number of carbonyl (C=O) groups is 1. The summed E-state index contributed by atoms with van der Waals surface area (Å²) in [5.41, 5.74) is 2.28. The van der Waals surface area contributed by atoms with Crippen molar-refractivity contribution >= 4 is 17.8 Å². The van der Waals surface area contributed by atoms with E-state index >= 15 is 0 Å². The molecule has 23 heavy (non-hydrogen) atoms. The fraction of sp³-hybridized carbons (Fsp3) is 0.167. The van der Waals surface area contributed by atoms with E-state index in [0.717, 1.165) is 11.3 Å². The number of carbonyl (C=O) groups excluding carboxylic acids is 1. The van der Waals surface area contributed by atoms with E-state index in [1.54, 1.807) is 24.5 Å². The Hall–Kier alpha value is -2.95. The molecule has 5 heteroatoms. The highest BCUT2D eigenvalue weighted by Gasteiger charge is 2.09. The summed E-state index contributed by atoms with van der Waals surface area (Å²) in [5, 5.41) is 6.07. The topological polar surface area (TPSA) is 66.4 Å². The van der Waals surface area contributed by atoms with E-state index in [-0.39, 0.29) is 11.9 Å². The van der Waals surface area contributed by atoms with Gasteiger partial charge in [0, 0.05) is 30.3 Å². The number of rotatable bonds is 6. The number of hydrogen-bond donors (Lipinski definition) is 2. The monoisotopic (exact) mass is 308 g/mol. The molecule has 2 rings (SSSR count). The van der Waals surface area contributed by atoms with Crippen LogP contribution in [0, 0.1) is 0 Å². The summed E-state index contributed by atoms with van der Waals surface area (Å²) in [4.78, 5) is 20.2. The van der Waals surface area contributed by atoms with Crippen molar-refractivity contribution in [3.05, 3.63) is 72.3 Å². The van der Waals surface area contributed by atoms with Crippen molar-refractivity contribution in [1.82, 2.24) is 10.3 Å². The minimum absolute atomic E-state index is 0.0291. The molecule has 118 valence electrons. The number of nitrogens with one attached hydrogen (secondary N) is 2. The Morgan fingerprint density at radius 3 is 2.87 bits per heavy atom. The molecular weight excluding hydrogens is 288 g/mol. The lowest BCUT2D eigenvalue weighted by Crippen LogP contribution is -2.17. The Labute approximate surface area is 136 Å². The summed E-state index contributed by atoms with van der Waals surface area (Å²) in [6.07, 6.45) is 4.86. The molecule has 1 atom stereocenters. The fourth-order valence-electron chi connectivity index (χ4n) is 2.11. The second-order valence-electron chi connectivity index (χ2n) is 5.02. The maximum Gasteiger partial charge on any atom is 0.257 e. The Bertz CT molecular complexity index is 710. The van der Waals surface area contributed by atoms with Crippen molar-refractivity contribution in [3.63, 3.8) is 0 Å². The van der Waals surface area contributed by atoms with Gasteiger partial charge in [0.25, 0.3) is 5.91 Å². The standard InChI is InChI=1S/C18H20N4O/c1-4-20-14(3)21-13(2)15-7-5-9-17(11-15)22-18(23)16-8-6-10-19-12-16/h4-13,21H,3H2,1-2H3,(H,22,23). The molecule has 2 aromatic rings. The molecule has 1 aromatic heterocycles. The number of anilines is 1. The van der Waals surface area contributed by atoms with Crippen molar-refractivity contribution < 1.29 is 4.79 Å². The minimum atomic E-state index is -0.184. The number of benzene rings is 1. The first kappa shape index (κ1) is 16.4. The van der Waals surface area contributed by atoms with E-state index in [2.05, 4.69) is 27.2 Å². The van der Waals surface area contributed by atoms with Gasteiger partial charge >= 0.3 is 0 Å². The van der Waals surface area contributed by atoms with Crippen LogP contribution in [0.15, 0.2) is 66.2 Å². The molecule has 0 radical (unpaired) electrons. The normalized spacial score (nSPS) is 11.9. The van der Waals surface area contributed by atoms with Crippen molar-refractivity contribution in [2.75, 3.05) is 5.32 Å². The Morgan fingerprint density at radius 1 is 1.35 bits per heavy atom. The van der Waals surface area contributed by atoms with Crippen LogP contribution in [0.4, 0.5) is 5.69 Å². The molecule has 1 heterocycles. The van der Waals surface area contributed by atoms with Gasteiger partial charge in [0.1, 0.15) is 5.82 Å². The number of amides is 1. The van der Waals surface area contributed by atoms with Crippen LogP contribution in [0.5, 0.6) is 0 Å². The summed E-state index contributed by atoms with van der Waals surface area (Å²) >= 11 is 0. The quantitative estimate of drug-likeness (QED) is 0.802. The summed E-state index contributed by atoms with van der Waals surface area (Å²) in [6.45, 7) is 7.69. The van der Waals surface area contributed by atoms with E-state index in [1.165, 1.54) is 6.20 Å². The molecule has 2 N–H and O–H groups in total. The molecule has 0 saturated carbocycles. The van der Waals surface area contributed by atoms with Crippen LogP contribution < -0.4 is 10.6 Å². The first-order valence-electron chi connectivity index (χ1n) is 7.35. The van der Waals surface area contributed by atoms with E-state index in [1.807, 2.05) is 38.1 Å². The molecule has 0 spiro atoms. The number of nitrogens with zero attached hydrogens (tertiary/aromatic N) is 2. The predicted octanol–water partition coefficient (Wildman–Crippen LogP) is 3.55. The first-order chi connectivity index (χ1) is 11.1. The molecule has 0 aliphatic carbocycles. The van der Waals surface area contributed by atoms with Gasteiger partial charge in [-0.25, -0.2) is 4.99 Å². The fourth-order valence-corrected chi connectivity index (χ4v) is 2.11. The lowest BCUT2D eigenvalue weighted by Gasteiger charge is -2.16. The van der Waals surface area contributed by atoms with Crippen LogP contribution in [-0.2, 0) is 0 Å². The Morgan fingerprint density at radius 2 is 2.17 bits per heavy atom. The van der Waals surface area contributed by atoms with E-state index in [0.29, 0.717) is 11.4 Å². The molecule has 1 amide bonds. The predicted molar refractivity (Wildman–Crippen MR) is 93.5 cm³/mol. The average Bonchev–Trinajstić information content (AvgIpc) is 2.56. The van der Waals surface area contributed by atoms with Crippen molar-refractivity contribution in [2.45, 2.75) is 19.9 Å². The Kier molecular flexibility index (Phi) is 5.63. The molecule has 0 fully saturated rings. The van der Waals surface area contributed by atoms with Gasteiger partial charge in [-0.15, -0.1) is 0 Å². The number of pyridine rings is 1.